The van der Waals surface area contributed by atoms with Crippen molar-refractivity contribution >= 4 is 11.9 Å². The lowest BCUT2D eigenvalue weighted by Gasteiger charge is -2.07. The number of ether oxygens (including phenoxy) is 2. The number of carbonyl (C=O) groups is 2. The van der Waals surface area contributed by atoms with Crippen molar-refractivity contribution in [3.63, 3.8) is 0 Å². The third kappa shape index (κ3) is 4.73. The third-order valence-corrected chi connectivity index (χ3v) is 2.72. The number of benzene rings is 1. The van der Waals surface area contributed by atoms with Crippen molar-refractivity contribution in [2.24, 2.45) is 0 Å². The van der Waals surface area contributed by atoms with Gasteiger partial charge in [-0.2, -0.15) is 5.10 Å². The Labute approximate surface area is 128 Å². The van der Waals surface area contributed by atoms with E-state index in [1.165, 1.54) is 0 Å². The summed E-state index contributed by atoms with van der Waals surface area (Å²) in [7, 11) is 0. The van der Waals surface area contributed by atoms with Gasteiger partial charge in [0.2, 0.25) is 0 Å². The van der Waals surface area contributed by atoms with Crippen molar-refractivity contribution in [2.75, 3.05) is 6.61 Å². The molecule has 1 aromatic carbocycles. The Balaban J connectivity index is 1.85. The molecule has 2 rings (SSSR count). The molecule has 0 saturated carbocycles. The molecule has 0 saturated heterocycles. The van der Waals surface area contributed by atoms with Crippen LogP contribution >= 0.6 is 0 Å². The Bertz CT molecular complexity index is 635. The second-order valence-corrected chi connectivity index (χ2v) is 5.00. The summed E-state index contributed by atoms with van der Waals surface area (Å²) in [6.45, 7) is 3.10. The van der Waals surface area contributed by atoms with Crippen molar-refractivity contribution in [3.05, 3.63) is 48.3 Å². The highest BCUT2D eigenvalue weighted by molar-refractivity contribution is 5.77. The molecule has 0 N–H and O–H groups in total. The van der Waals surface area contributed by atoms with Crippen LogP contribution < -0.4 is 0 Å². The van der Waals surface area contributed by atoms with E-state index in [1.807, 2.05) is 30.3 Å². The first kappa shape index (κ1) is 15.8. The van der Waals surface area contributed by atoms with Crippen molar-refractivity contribution < 1.29 is 19.1 Å². The Morgan fingerprint density at radius 1 is 1.18 bits per heavy atom. The second kappa shape index (κ2) is 7.40. The van der Waals surface area contributed by atoms with Gasteiger partial charge in [-0.25, -0.2) is 9.48 Å². The molecule has 6 heteroatoms. The zero-order valence-electron chi connectivity index (χ0n) is 12.6. The molecule has 0 bridgehead atoms. The summed E-state index contributed by atoms with van der Waals surface area (Å²) in [6, 6.07) is 9.56. The average Bonchev–Trinajstić information content (AvgIpc) is 2.94. The van der Waals surface area contributed by atoms with E-state index in [9.17, 15) is 9.59 Å². The van der Waals surface area contributed by atoms with Crippen molar-refractivity contribution in [3.8, 4) is 5.69 Å². The second-order valence-electron chi connectivity index (χ2n) is 5.00. The minimum Gasteiger partial charge on any atom is -0.460 e. The minimum absolute atomic E-state index is 0.0573. The lowest BCUT2D eigenvalue weighted by atomic mass is 10.2. The van der Waals surface area contributed by atoms with Gasteiger partial charge in [0.1, 0.15) is 0 Å². The van der Waals surface area contributed by atoms with E-state index in [-0.39, 0.29) is 19.1 Å². The predicted octanol–water partition coefficient (Wildman–Crippen LogP) is 1.91. The van der Waals surface area contributed by atoms with Gasteiger partial charge in [-0.1, -0.05) is 18.2 Å². The SMILES string of the molecule is CC(C)OC(=O)COC(=O)Cc1cnn(-c2ccccc2)c1. The van der Waals surface area contributed by atoms with Crippen LogP contribution in [0.1, 0.15) is 19.4 Å². The third-order valence-electron chi connectivity index (χ3n) is 2.72. The standard InChI is InChI=1S/C16H18N2O4/c1-12(2)22-16(20)11-21-15(19)8-13-9-17-18(10-13)14-6-4-3-5-7-14/h3-7,9-10,12H,8,11H2,1-2H3. The van der Waals surface area contributed by atoms with Gasteiger partial charge >= 0.3 is 11.9 Å². The first-order valence-electron chi connectivity index (χ1n) is 6.98. The number of rotatable bonds is 6. The molecule has 0 fully saturated rings. The van der Waals surface area contributed by atoms with Gasteiger partial charge in [0.25, 0.3) is 0 Å². The van der Waals surface area contributed by atoms with Crippen LogP contribution in [0.4, 0.5) is 0 Å². The van der Waals surface area contributed by atoms with E-state index >= 15 is 0 Å². The Kier molecular flexibility index (Phi) is 5.30. The van der Waals surface area contributed by atoms with Crippen LogP contribution in [-0.4, -0.2) is 34.4 Å². The van der Waals surface area contributed by atoms with Crippen molar-refractivity contribution in [1.82, 2.24) is 9.78 Å². The van der Waals surface area contributed by atoms with Gasteiger partial charge < -0.3 is 9.47 Å². The number of hydrogen-bond donors (Lipinski definition) is 0. The van der Waals surface area contributed by atoms with Gasteiger partial charge in [-0.15, -0.1) is 0 Å². The normalized spacial score (nSPS) is 10.5. The summed E-state index contributed by atoms with van der Waals surface area (Å²) in [5.74, 6) is -1.04. The van der Waals surface area contributed by atoms with Gasteiger partial charge in [0, 0.05) is 11.8 Å². The summed E-state index contributed by atoms with van der Waals surface area (Å²) < 4.78 is 11.4. The maximum atomic E-state index is 11.7. The molecule has 6 nitrogen and oxygen atoms in total. The fraction of sp³-hybridized carbons (Fsp3) is 0.312. The monoisotopic (exact) mass is 302 g/mol. The summed E-state index contributed by atoms with van der Waals surface area (Å²) in [5, 5.41) is 4.19. The molecule has 1 aromatic heterocycles. The molecule has 2 aromatic rings. The Morgan fingerprint density at radius 2 is 1.91 bits per heavy atom. The molecule has 0 unspecified atom stereocenters. The van der Waals surface area contributed by atoms with Crippen LogP contribution in [0.3, 0.4) is 0 Å². The van der Waals surface area contributed by atoms with Crippen LogP contribution in [0.15, 0.2) is 42.7 Å². The molecule has 0 atom stereocenters. The van der Waals surface area contributed by atoms with E-state index < -0.39 is 11.9 Å². The molecule has 22 heavy (non-hydrogen) atoms. The highest BCUT2D eigenvalue weighted by atomic mass is 16.6. The highest BCUT2D eigenvalue weighted by Crippen LogP contribution is 2.08. The van der Waals surface area contributed by atoms with Crippen LogP contribution in [0.2, 0.25) is 0 Å². The predicted molar refractivity (Wildman–Crippen MR) is 79.5 cm³/mol. The lowest BCUT2D eigenvalue weighted by Crippen LogP contribution is -2.20. The number of carbonyl (C=O) groups excluding carboxylic acids is 2. The van der Waals surface area contributed by atoms with Gasteiger partial charge in [0.15, 0.2) is 6.61 Å². The van der Waals surface area contributed by atoms with Gasteiger partial charge in [0.05, 0.1) is 24.4 Å². The summed E-state index contributed by atoms with van der Waals surface area (Å²) in [5.41, 5.74) is 1.62. The zero-order valence-corrected chi connectivity index (χ0v) is 12.6. The van der Waals surface area contributed by atoms with Crippen LogP contribution in [0.5, 0.6) is 0 Å². The smallest absolute Gasteiger partial charge is 0.344 e. The van der Waals surface area contributed by atoms with E-state index in [1.54, 1.807) is 30.9 Å². The van der Waals surface area contributed by atoms with E-state index in [0.717, 1.165) is 5.69 Å². The molecule has 0 aliphatic carbocycles. The molecular weight excluding hydrogens is 284 g/mol. The number of hydrogen-bond acceptors (Lipinski definition) is 5. The summed E-state index contributed by atoms with van der Waals surface area (Å²) >= 11 is 0. The molecule has 0 spiro atoms. The quantitative estimate of drug-likeness (QED) is 0.762. The molecular formula is C16H18N2O4. The van der Waals surface area contributed by atoms with Crippen LogP contribution in [0, 0.1) is 0 Å². The molecule has 116 valence electrons. The number of nitrogens with zero attached hydrogens (tertiary/aromatic N) is 2. The van der Waals surface area contributed by atoms with E-state index in [0.29, 0.717) is 5.56 Å². The van der Waals surface area contributed by atoms with E-state index in [2.05, 4.69) is 5.10 Å². The topological polar surface area (TPSA) is 70.4 Å². The summed E-state index contributed by atoms with van der Waals surface area (Å²) in [4.78, 5) is 23.0. The van der Waals surface area contributed by atoms with Crippen molar-refractivity contribution in [2.45, 2.75) is 26.4 Å². The molecule has 0 radical (unpaired) electrons. The molecule has 0 aliphatic rings. The van der Waals surface area contributed by atoms with Gasteiger partial charge in [-0.05, 0) is 26.0 Å². The highest BCUT2D eigenvalue weighted by Gasteiger charge is 2.12. The largest absolute Gasteiger partial charge is 0.460 e. The van der Waals surface area contributed by atoms with Crippen LogP contribution in [-0.2, 0) is 25.5 Å². The average molecular weight is 302 g/mol. The van der Waals surface area contributed by atoms with E-state index in [4.69, 9.17) is 9.47 Å². The summed E-state index contributed by atoms with van der Waals surface area (Å²) in [6.07, 6.45) is 3.18. The van der Waals surface area contributed by atoms with Gasteiger partial charge in [-0.3, -0.25) is 4.79 Å². The molecule has 0 amide bonds. The fourth-order valence-corrected chi connectivity index (χ4v) is 1.83. The number of esters is 2. The minimum atomic E-state index is -0.552. The number of aromatic nitrogens is 2. The maximum absolute atomic E-state index is 11.7. The Hall–Kier alpha value is -2.63. The Morgan fingerprint density at radius 3 is 2.59 bits per heavy atom. The first-order chi connectivity index (χ1) is 10.5. The number of para-hydroxylation sites is 1. The molecule has 0 aliphatic heterocycles. The first-order valence-corrected chi connectivity index (χ1v) is 6.98. The lowest BCUT2D eigenvalue weighted by molar-refractivity contribution is -0.160. The maximum Gasteiger partial charge on any atom is 0.344 e. The van der Waals surface area contributed by atoms with Crippen molar-refractivity contribution in [1.29, 1.82) is 0 Å². The fourth-order valence-electron chi connectivity index (χ4n) is 1.83. The van der Waals surface area contributed by atoms with Crippen LogP contribution in [0.25, 0.3) is 5.69 Å². The molecule has 1 heterocycles. The zero-order chi connectivity index (χ0) is 15.9.